The van der Waals surface area contributed by atoms with E-state index < -0.39 is 18.0 Å². The zero-order valence-electron chi connectivity index (χ0n) is 11.3. The van der Waals surface area contributed by atoms with E-state index in [0.29, 0.717) is 9.99 Å². The highest BCUT2D eigenvalue weighted by Crippen LogP contribution is 2.53. The number of nitrogens with zero attached hydrogens (tertiary/aromatic N) is 1. The maximum Gasteiger partial charge on any atom is 0.354 e. The summed E-state index contributed by atoms with van der Waals surface area (Å²) in [6.07, 6.45) is 0.0453. The zero-order chi connectivity index (χ0) is 15.0. The van der Waals surface area contributed by atoms with Crippen molar-refractivity contribution in [3.63, 3.8) is 0 Å². The number of aliphatic hydroxyl groups excluding tert-OH is 1. The number of carbonyl (C=O) groups excluding carboxylic acids is 1. The number of rotatable bonds is 6. The predicted molar refractivity (Wildman–Crippen MR) is 78.8 cm³/mol. The minimum absolute atomic E-state index is 0.000313. The van der Waals surface area contributed by atoms with Gasteiger partial charge in [0.1, 0.15) is 5.37 Å². The first-order chi connectivity index (χ1) is 9.38. The molecule has 8 heteroatoms. The van der Waals surface area contributed by atoms with Crippen molar-refractivity contribution in [2.24, 2.45) is 11.7 Å². The van der Waals surface area contributed by atoms with Gasteiger partial charge in [0.25, 0.3) is 0 Å². The average molecular weight is 318 g/mol. The maximum absolute atomic E-state index is 12.0. The van der Waals surface area contributed by atoms with Crippen LogP contribution in [0.15, 0.2) is 9.93 Å². The Balaban J connectivity index is 2.15. The van der Waals surface area contributed by atoms with Crippen molar-refractivity contribution >= 4 is 35.4 Å². The smallest absolute Gasteiger partial charge is 0.354 e. The lowest BCUT2D eigenvalue weighted by Crippen LogP contribution is -2.60. The summed E-state index contributed by atoms with van der Waals surface area (Å²) in [5, 5.41) is 18.6. The minimum Gasteiger partial charge on any atom is -0.477 e. The largest absolute Gasteiger partial charge is 0.477 e. The van der Waals surface area contributed by atoms with Crippen LogP contribution >= 0.6 is 23.5 Å². The van der Waals surface area contributed by atoms with Crippen LogP contribution in [0.5, 0.6) is 0 Å². The molecule has 2 aliphatic rings. The molecule has 2 heterocycles. The molecule has 0 radical (unpaired) electrons. The van der Waals surface area contributed by atoms with Crippen molar-refractivity contribution in [1.82, 2.24) is 4.90 Å². The number of carboxylic acid groups (broad SMARTS) is 1. The molecule has 112 valence electrons. The van der Waals surface area contributed by atoms with Crippen LogP contribution in [-0.4, -0.2) is 50.3 Å². The highest BCUT2D eigenvalue weighted by molar-refractivity contribution is 8.22. The van der Waals surface area contributed by atoms with Crippen molar-refractivity contribution in [3.05, 3.63) is 9.93 Å². The number of aliphatic hydroxyl groups is 1. The normalized spacial score (nSPS) is 28.2. The van der Waals surface area contributed by atoms with E-state index in [1.54, 1.807) is 6.92 Å². The standard InChI is InChI=1S/C12H18N2O4S2/c1-3-6(13)4-19-12-8(11(17)18)14-9(16)7(5(2)15)10(14)20-12/h5-7,10,15H,3-4,13H2,1-2H3,(H,17,18)/t5?,6?,7?,10-/m1/s1. The molecule has 4 atom stereocenters. The number of carboxylic acids is 1. The molecule has 0 aromatic rings. The Bertz CT molecular complexity index is 466. The molecule has 0 saturated carbocycles. The number of nitrogens with two attached hydrogens (primary N) is 1. The average Bonchev–Trinajstić information content (AvgIpc) is 2.69. The topological polar surface area (TPSA) is 104 Å². The third-order valence-electron chi connectivity index (χ3n) is 3.42. The SMILES string of the molecule is CCC(N)CSC1=C(C(=O)O)N2C(=O)C(C(C)O)[C@H]2S1. The summed E-state index contributed by atoms with van der Waals surface area (Å²) in [7, 11) is 0. The van der Waals surface area contributed by atoms with Crippen molar-refractivity contribution in [3.8, 4) is 0 Å². The molecule has 1 amide bonds. The van der Waals surface area contributed by atoms with Crippen LogP contribution in [0.1, 0.15) is 20.3 Å². The van der Waals surface area contributed by atoms with E-state index in [0.717, 1.165) is 6.42 Å². The van der Waals surface area contributed by atoms with Gasteiger partial charge in [0.15, 0.2) is 5.70 Å². The summed E-state index contributed by atoms with van der Waals surface area (Å²) in [6.45, 7) is 3.53. The fourth-order valence-corrected chi connectivity index (χ4v) is 5.17. The highest BCUT2D eigenvalue weighted by Gasteiger charge is 2.57. The van der Waals surface area contributed by atoms with Crippen molar-refractivity contribution in [2.45, 2.75) is 37.8 Å². The van der Waals surface area contributed by atoms with Crippen LogP contribution in [-0.2, 0) is 9.59 Å². The predicted octanol–water partition coefficient (Wildman–Crippen LogP) is 0.623. The second-order valence-corrected chi connectivity index (χ2v) is 7.32. The van der Waals surface area contributed by atoms with Crippen molar-refractivity contribution in [1.29, 1.82) is 0 Å². The number of β-lactam (4-membered cyclic amide) rings is 1. The minimum atomic E-state index is -1.11. The van der Waals surface area contributed by atoms with Crippen LogP contribution in [0.25, 0.3) is 0 Å². The molecule has 1 fully saturated rings. The molecule has 0 aromatic heterocycles. The molecule has 3 unspecified atom stereocenters. The number of hydrogen-bond acceptors (Lipinski definition) is 6. The van der Waals surface area contributed by atoms with Gasteiger partial charge in [-0.3, -0.25) is 9.69 Å². The second-order valence-electron chi connectivity index (χ2n) is 4.90. The summed E-state index contributed by atoms with van der Waals surface area (Å²) in [6, 6.07) is -0.000313. The maximum atomic E-state index is 12.0. The van der Waals surface area contributed by atoms with E-state index in [9.17, 15) is 19.8 Å². The van der Waals surface area contributed by atoms with E-state index >= 15 is 0 Å². The molecule has 4 N–H and O–H groups in total. The van der Waals surface area contributed by atoms with Crippen LogP contribution in [0.2, 0.25) is 0 Å². The Morgan fingerprint density at radius 3 is 2.75 bits per heavy atom. The number of fused-ring (bicyclic) bond motifs is 1. The molecule has 6 nitrogen and oxygen atoms in total. The Morgan fingerprint density at radius 1 is 1.60 bits per heavy atom. The molecule has 0 aliphatic carbocycles. The van der Waals surface area contributed by atoms with Crippen LogP contribution < -0.4 is 5.73 Å². The van der Waals surface area contributed by atoms with Gasteiger partial charge in [-0.25, -0.2) is 4.79 Å². The Kier molecular flexibility index (Phi) is 4.68. The van der Waals surface area contributed by atoms with Gasteiger partial charge in [0.2, 0.25) is 5.91 Å². The Hall–Kier alpha value is -0.700. The van der Waals surface area contributed by atoms with Crippen LogP contribution in [0.3, 0.4) is 0 Å². The number of thioether (sulfide) groups is 2. The third kappa shape index (κ3) is 2.57. The number of amides is 1. The molecule has 0 aromatic carbocycles. The van der Waals surface area contributed by atoms with E-state index in [1.165, 1.54) is 28.4 Å². The lowest BCUT2D eigenvalue weighted by atomic mass is 9.92. The summed E-state index contributed by atoms with van der Waals surface area (Å²) in [5.41, 5.74) is 5.88. The number of aliphatic carboxylic acids is 1. The van der Waals surface area contributed by atoms with Gasteiger partial charge in [-0.2, -0.15) is 0 Å². The van der Waals surface area contributed by atoms with Gasteiger partial charge >= 0.3 is 5.97 Å². The molecule has 1 saturated heterocycles. The van der Waals surface area contributed by atoms with Crippen molar-refractivity contribution in [2.75, 3.05) is 5.75 Å². The number of carbonyl (C=O) groups is 2. The third-order valence-corrected chi connectivity index (χ3v) is 6.27. The monoisotopic (exact) mass is 318 g/mol. The van der Waals surface area contributed by atoms with Crippen LogP contribution in [0, 0.1) is 5.92 Å². The summed E-state index contributed by atoms with van der Waals surface area (Å²) in [5.74, 6) is -1.33. The van der Waals surface area contributed by atoms with Gasteiger partial charge < -0.3 is 15.9 Å². The molecule has 20 heavy (non-hydrogen) atoms. The van der Waals surface area contributed by atoms with E-state index in [1.807, 2.05) is 6.92 Å². The quantitative estimate of drug-likeness (QED) is 0.617. The second kappa shape index (κ2) is 5.97. The van der Waals surface area contributed by atoms with Gasteiger partial charge in [0, 0.05) is 11.8 Å². The molecule has 2 rings (SSSR count). The molecule has 2 aliphatic heterocycles. The Morgan fingerprint density at radius 2 is 2.25 bits per heavy atom. The first-order valence-electron chi connectivity index (χ1n) is 6.42. The molecular weight excluding hydrogens is 300 g/mol. The molecule has 0 bridgehead atoms. The van der Waals surface area contributed by atoms with Gasteiger partial charge in [0.05, 0.1) is 16.3 Å². The van der Waals surface area contributed by atoms with Crippen molar-refractivity contribution < 1.29 is 19.8 Å². The number of hydrogen-bond donors (Lipinski definition) is 3. The first kappa shape index (κ1) is 15.7. The van der Waals surface area contributed by atoms with E-state index in [2.05, 4.69) is 0 Å². The summed E-state index contributed by atoms with van der Waals surface area (Å²) < 4.78 is 0.614. The zero-order valence-corrected chi connectivity index (χ0v) is 12.9. The van der Waals surface area contributed by atoms with E-state index in [4.69, 9.17) is 5.73 Å². The molecular formula is C12H18N2O4S2. The highest BCUT2D eigenvalue weighted by atomic mass is 32.2. The van der Waals surface area contributed by atoms with Gasteiger partial charge in [-0.05, 0) is 13.3 Å². The first-order valence-corrected chi connectivity index (χ1v) is 8.28. The van der Waals surface area contributed by atoms with Gasteiger partial charge in [-0.15, -0.1) is 11.8 Å². The van der Waals surface area contributed by atoms with Gasteiger partial charge in [-0.1, -0.05) is 18.7 Å². The fourth-order valence-electron chi connectivity index (χ4n) is 2.15. The summed E-state index contributed by atoms with van der Waals surface area (Å²) >= 11 is 2.72. The summed E-state index contributed by atoms with van der Waals surface area (Å²) in [4.78, 5) is 24.6. The Labute approximate surface area is 125 Å². The molecule has 0 spiro atoms. The lowest BCUT2D eigenvalue weighted by molar-refractivity contribution is -0.156. The van der Waals surface area contributed by atoms with E-state index in [-0.39, 0.29) is 23.0 Å². The fraction of sp³-hybridized carbons (Fsp3) is 0.667. The lowest BCUT2D eigenvalue weighted by Gasteiger charge is -2.43. The van der Waals surface area contributed by atoms with Crippen LogP contribution in [0.4, 0.5) is 0 Å².